The van der Waals surface area contributed by atoms with E-state index in [0.717, 1.165) is 35.2 Å². The van der Waals surface area contributed by atoms with E-state index in [9.17, 15) is 0 Å². The second-order valence-corrected chi connectivity index (χ2v) is 7.64. The standard InChI is InChI=1S/C19H17ClIN3/c20-14-6-4-8-16(12-14)24-19-17(9-1-2-10-22-19)18(23-24)13-5-3-7-15(21)11-13/h3-8,11-12,22H,1-2,9-10H2. The third-order valence-electron chi connectivity index (χ3n) is 4.28. The van der Waals surface area contributed by atoms with Crippen LogP contribution in [0.15, 0.2) is 48.5 Å². The van der Waals surface area contributed by atoms with Crippen molar-refractivity contribution in [3.63, 3.8) is 0 Å². The third-order valence-corrected chi connectivity index (χ3v) is 5.19. The van der Waals surface area contributed by atoms with E-state index in [-0.39, 0.29) is 0 Å². The largest absolute Gasteiger partial charge is 0.370 e. The lowest BCUT2D eigenvalue weighted by atomic mass is 10.0. The summed E-state index contributed by atoms with van der Waals surface area (Å²) in [6, 6.07) is 16.4. The molecule has 5 heteroatoms. The van der Waals surface area contributed by atoms with E-state index in [1.165, 1.54) is 27.5 Å². The van der Waals surface area contributed by atoms with Crippen LogP contribution in [0.3, 0.4) is 0 Å². The van der Waals surface area contributed by atoms with Crippen molar-refractivity contribution in [3.05, 3.63) is 62.7 Å². The Morgan fingerprint density at radius 1 is 1.08 bits per heavy atom. The van der Waals surface area contributed by atoms with Gasteiger partial charge in [0.25, 0.3) is 0 Å². The lowest BCUT2D eigenvalue weighted by molar-refractivity contribution is 0.780. The molecule has 122 valence electrons. The first-order valence-electron chi connectivity index (χ1n) is 8.10. The molecule has 1 aliphatic heterocycles. The van der Waals surface area contributed by atoms with Crippen LogP contribution in [-0.2, 0) is 6.42 Å². The molecule has 0 fully saturated rings. The van der Waals surface area contributed by atoms with Crippen LogP contribution in [0.5, 0.6) is 0 Å². The zero-order valence-corrected chi connectivity index (χ0v) is 16.0. The molecule has 2 aromatic carbocycles. The number of benzene rings is 2. The minimum absolute atomic E-state index is 0.723. The normalized spacial score (nSPS) is 13.9. The van der Waals surface area contributed by atoms with Crippen molar-refractivity contribution in [2.75, 3.05) is 11.9 Å². The van der Waals surface area contributed by atoms with Gasteiger partial charge in [-0.1, -0.05) is 29.8 Å². The van der Waals surface area contributed by atoms with Crippen LogP contribution in [0, 0.1) is 3.57 Å². The molecule has 24 heavy (non-hydrogen) atoms. The zero-order valence-electron chi connectivity index (χ0n) is 13.1. The summed E-state index contributed by atoms with van der Waals surface area (Å²) in [6.07, 6.45) is 3.40. The molecule has 4 rings (SSSR count). The predicted octanol–water partition coefficient (Wildman–Crippen LogP) is 5.55. The Balaban J connectivity index is 1.92. The molecule has 1 aromatic heterocycles. The topological polar surface area (TPSA) is 29.9 Å². The number of halogens is 2. The van der Waals surface area contributed by atoms with Crippen LogP contribution in [0.25, 0.3) is 16.9 Å². The van der Waals surface area contributed by atoms with E-state index in [0.29, 0.717) is 0 Å². The van der Waals surface area contributed by atoms with Crippen LogP contribution < -0.4 is 5.32 Å². The van der Waals surface area contributed by atoms with Crippen molar-refractivity contribution < 1.29 is 0 Å². The SMILES string of the molecule is Clc1cccc(-n2nc(-c3cccc(I)c3)c3c2NCCCC3)c1. The van der Waals surface area contributed by atoms with Crippen molar-refractivity contribution in [2.24, 2.45) is 0 Å². The Morgan fingerprint density at radius 2 is 1.96 bits per heavy atom. The van der Waals surface area contributed by atoms with E-state index in [2.05, 4.69) is 52.2 Å². The molecule has 0 amide bonds. The Morgan fingerprint density at radius 3 is 2.79 bits per heavy atom. The molecule has 3 aromatic rings. The molecule has 3 nitrogen and oxygen atoms in total. The van der Waals surface area contributed by atoms with Crippen LogP contribution >= 0.6 is 34.2 Å². The van der Waals surface area contributed by atoms with Crippen molar-refractivity contribution >= 4 is 40.0 Å². The summed E-state index contributed by atoms with van der Waals surface area (Å²) in [4.78, 5) is 0. The fourth-order valence-electron chi connectivity index (χ4n) is 3.16. The minimum Gasteiger partial charge on any atom is -0.370 e. The molecule has 0 saturated heterocycles. The van der Waals surface area contributed by atoms with Crippen molar-refractivity contribution in [3.8, 4) is 16.9 Å². The van der Waals surface area contributed by atoms with Gasteiger partial charge in [0.15, 0.2) is 0 Å². The Labute approximate surface area is 160 Å². The lowest BCUT2D eigenvalue weighted by Gasteiger charge is -2.09. The number of anilines is 1. The average molecular weight is 450 g/mol. The van der Waals surface area contributed by atoms with Gasteiger partial charge in [0.2, 0.25) is 0 Å². The van der Waals surface area contributed by atoms with E-state index >= 15 is 0 Å². The summed E-state index contributed by atoms with van der Waals surface area (Å²) in [5.41, 5.74) is 4.53. The summed E-state index contributed by atoms with van der Waals surface area (Å²) in [5, 5.41) is 9.24. The van der Waals surface area contributed by atoms with Crippen LogP contribution in [0.1, 0.15) is 18.4 Å². The van der Waals surface area contributed by atoms with E-state index < -0.39 is 0 Å². The van der Waals surface area contributed by atoms with Crippen molar-refractivity contribution in [2.45, 2.75) is 19.3 Å². The summed E-state index contributed by atoms with van der Waals surface area (Å²) >= 11 is 8.54. The molecule has 0 saturated carbocycles. The Hall–Kier alpha value is -1.53. The zero-order chi connectivity index (χ0) is 16.5. The maximum absolute atomic E-state index is 6.19. The number of hydrogen-bond donors (Lipinski definition) is 1. The van der Waals surface area contributed by atoms with E-state index in [4.69, 9.17) is 16.7 Å². The molecule has 1 aliphatic rings. The molecule has 0 spiro atoms. The number of fused-ring (bicyclic) bond motifs is 1. The van der Waals surface area contributed by atoms with Crippen molar-refractivity contribution in [1.29, 1.82) is 0 Å². The van der Waals surface area contributed by atoms with Gasteiger partial charge >= 0.3 is 0 Å². The molecule has 0 unspecified atom stereocenters. The molecule has 0 radical (unpaired) electrons. The van der Waals surface area contributed by atoms with Gasteiger partial charge in [0, 0.05) is 26.3 Å². The summed E-state index contributed by atoms with van der Waals surface area (Å²) in [7, 11) is 0. The quantitative estimate of drug-likeness (QED) is 0.520. The number of aromatic nitrogens is 2. The second kappa shape index (κ2) is 6.76. The molecule has 0 aliphatic carbocycles. The van der Waals surface area contributed by atoms with Gasteiger partial charge in [-0.25, -0.2) is 4.68 Å². The van der Waals surface area contributed by atoms with Crippen LogP contribution in [0.4, 0.5) is 5.82 Å². The lowest BCUT2D eigenvalue weighted by Crippen LogP contribution is -2.07. The summed E-state index contributed by atoms with van der Waals surface area (Å²) < 4.78 is 3.22. The van der Waals surface area contributed by atoms with Gasteiger partial charge < -0.3 is 5.32 Å². The highest BCUT2D eigenvalue weighted by Gasteiger charge is 2.21. The number of rotatable bonds is 2. The predicted molar refractivity (Wildman–Crippen MR) is 108 cm³/mol. The number of hydrogen-bond acceptors (Lipinski definition) is 2. The highest BCUT2D eigenvalue weighted by Crippen LogP contribution is 2.34. The minimum atomic E-state index is 0.723. The molecule has 1 N–H and O–H groups in total. The summed E-state index contributed by atoms with van der Waals surface area (Å²) in [6.45, 7) is 0.977. The maximum Gasteiger partial charge on any atom is 0.133 e. The van der Waals surface area contributed by atoms with Crippen molar-refractivity contribution in [1.82, 2.24) is 9.78 Å². The fraction of sp³-hybridized carbons (Fsp3) is 0.211. The number of nitrogens with zero attached hydrogens (tertiary/aromatic N) is 2. The smallest absolute Gasteiger partial charge is 0.133 e. The molecule has 0 bridgehead atoms. The fourth-order valence-corrected chi connectivity index (χ4v) is 3.89. The third kappa shape index (κ3) is 3.05. The summed E-state index contributed by atoms with van der Waals surface area (Å²) in [5.74, 6) is 1.10. The first-order valence-corrected chi connectivity index (χ1v) is 9.56. The van der Waals surface area contributed by atoms with Gasteiger partial charge in [-0.3, -0.25) is 0 Å². The van der Waals surface area contributed by atoms with Gasteiger partial charge in [-0.2, -0.15) is 5.10 Å². The van der Waals surface area contributed by atoms with Gasteiger partial charge in [-0.15, -0.1) is 0 Å². The maximum atomic E-state index is 6.19. The first kappa shape index (κ1) is 16.0. The monoisotopic (exact) mass is 449 g/mol. The molecule has 2 heterocycles. The van der Waals surface area contributed by atoms with Gasteiger partial charge in [0.1, 0.15) is 5.82 Å². The van der Waals surface area contributed by atoms with E-state index in [1.807, 2.05) is 28.9 Å². The highest BCUT2D eigenvalue weighted by molar-refractivity contribution is 14.1. The number of nitrogens with one attached hydrogen (secondary N) is 1. The molecular weight excluding hydrogens is 433 g/mol. The van der Waals surface area contributed by atoms with Crippen LogP contribution in [-0.4, -0.2) is 16.3 Å². The highest BCUT2D eigenvalue weighted by atomic mass is 127. The van der Waals surface area contributed by atoms with Crippen LogP contribution in [0.2, 0.25) is 5.02 Å². The Kier molecular flexibility index (Phi) is 4.50. The van der Waals surface area contributed by atoms with Gasteiger partial charge in [0.05, 0.1) is 11.4 Å². The second-order valence-electron chi connectivity index (χ2n) is 5.96. The average Bonchev–Trinajstić information content (AvgIpc) is 2.76. The molecular formula is C19H17ClIN3. The Bertz CT molecular complexity index is 818. The van der Waals surface area contributed by atoms with E-state index in [1.54, 1.807) is 0 Å². The van der Waals surface area contributed by atoms with Gasteiger partial charge in [-0.05, 0) is 72.2 Å². The first-order chi connectivity index (χ1) is 11.7. The molecule has 0 atom stereocenters.